The van der Waals surface area contributed by atoms with Crippen LogP contribution in [0.1, 0.15) is 16.1 Å². The van der Waals surface area contributed by atoms with Gasteiger partial charge in [-0.1, -0.05) is 5.16 Å². The Morgan fingerprint density at radius 1 is 1.31 bits per heavy atom. The highest BCUT2D eigenvalue weighted by atomic mass is 32.1. The minimum Gasteiger partial charge on any atom is -0.335 e. The molecule has 6 nitrogen and oxygen atoms in total. The molecular formula is C18H13FN4O2S. The molecule has 4 aromatic rings. The molecule has 0 aliphatic carbocycles. The van der Waals surface area contributed by atoms with Gasteiger partial charge in [0.15, 0.2) is 4.80 Å². The van der Waals surface area contributed by atoms with Gasteiger partial charge in [0.25, 0.3) is 11.6 Å². The smallest absolute Gasteiger partial charge is 0.280 e. The van der Waals surface area contributed by atoms with E-state index in [2.05, 4.69) is 15.1 Å². The van der Waals surface area contributed by atoms with E-state index in [0.29, 0.717) is 32.7 Å². The van der Waals surface area contributed by atoms with E-state index in [9.17, 15) is 9.18 Å². The van der Waals surface area contributed by atoms with Crippen LogP contribution in [0.25, 0.3) is 22.4 Å². The van der Waals surface area contributed by atoms with Crippen molar-refractivity contribution in [3.05, 3.63) is 63.8 Å². The van der Waals surface area contributed by atoms with E-state index >= 15 is 0 Å². The van der Waals surface area contributed by atoms with Crippen molar-refractivity contribution in [1.29, 1.82) is 0 Å². The molecule has 1 aromatic carbocycles. The van der Waals surface area contributed by atoms with E-state index in [1.54, 1.807) is 29.7 Å². The fourth-order valence-electron chi connectivity index (χ4n) is 2.61. The molecule has 0 bridgehead atoms. The van der Waals surface area contributed by atoms with Crippen LogP contribution in [0.15, 0.2) is 51.4 Å². The van der Waals surface area contributed by atoms with Crippen molar-refractivity contribution < 1.29 is 13.7 Å². The Bertz CT molecular complexity index is 1190. The fourth-order valence-corrected chi connectivity index (χ4v) is 3.34. The van der Waals surface area contributed by atoms with Crippen LogP contribution in [0.4, 0.5) is 4.39 Å². The van der Waals surface area contributed by atoms with Crippen molar-refractivity contribution >= 4 is 28.3 Å². The number of pyridine rings is 1. The number of halogens is 1. The highest BCUT2D eigenvalue weighted by Crippen LogP contribution is 2.27. The molecule has 1 amide bonds. The van der Waals surface area contributed by atoms with Gasteiger partial charge in [-0.2, -0.15) is 4.99 Å². The number of thiazole rings is 1. The predicted octanol–water partition coefficient (Wildman–Crippen LogP) is 3.48. The van der Waals surface area contributed by atoms with Gasteiger partial charge in [-0.3, -0.25) is 4.79 Å². The lowest BCUT2D eigenvalue weighted by atomic mass is 10.1. The molecule has 0 unspecified atom stereocenters. The Labute approximate surface area is 151 Å². The van der Waals surface area contributed by atoms with Crippen LogP contribution in [0.2, 0.25) is 0 Å². The number of aryl methyl sites for hydroxylation is 2. The molecule has 8 heteroatoms. The number of aromatic nitrogens is 3. The van der Waals surface area contributed by atoms with Gasteiger partial charge >= 0.3 is 0 Å². The molecule has 3 heterocycles. The summed E-state index contributed by atoms with van der Waals surface area (Å²) < 4.78 is 20.2. The number of nitrogens with zero attached hydrogens (tertiary/aromatic N) is 4. The molecule has 0 aliphatic heterocycles. The zero-order chi connectivity index (χ0) is 18.3. The van der Waals surface area contributed by atoms with Gasteiger partial charge in [0, 0.05) is 24.2 Å². The van der Waals surface area contributed by atoms with Gasteiger partial charge in [-0.05, 0) is 37.3 Å². The van der Waals surface area contributed by atoms with Crippen LogP contribution < -0.4 is 4.80 Å². The lowest BCUT2D eigenvalue weighted by Gasteiger charge is -2.04. The Balaban J connectivity index is 1.92. The Kier molecular flexibility index (Phi) is 3.96. The van der Waals surface area contributed by atoms with Crippen LogP contribution >= 0.6 is 11.3 Å². The molecule has 3 aromatic heterocycles. The van der Waals surface area contributed by atoms with Crippen molar-refractivity contribution in [3.8, 4) is 11.3 Å². The maximum absolute atomic E-state index is 13.2. The Morgan fingerprint density at radius 2 is 2.08 bits per heavy atom. The Morgan fingerprint density at radius 3 is 2.77 bits per heavy atom. The van der Waals surface area contributed by atoms with Crippen LogP contribution in [0.3, 0.4) is 0 Å². The lowest BCUT2D eigenvalue weighted by molar-refractivity contribution is 0.0999. The minimum atomic E-state index is -0.412. The number of benzene rings is 1. The first-order valence-electron chi connectivity index (χ1n) is 7.75. The van der Waals surface area contributed by atoms with Gasteiger partial charge in [-0.25, -0.2) is 9.37 Å². The van der Waals surface area contributed by atoms with Crippen molar-refractivity contribution in [1.82, 2.24) is 14.7 Å². The second kappa shape index (κ2) is 6.30. The third-order valence-electron chi connectivity index (χ3n) is 3.94. The maximum Gasteiger partial charge on any atom is 0.280 e. The van der Waals surface area contributed by atoms with E-state index in [-0.39, 0.29) is 11.5 Å². The predicted molar refractivity (Wildman–Crippen MR) is 95.1 cm³/mol. The molecule has 0 atom stereocenters. The van der Waals surface area contributed by atoms with E-state index in [0.717, 1.165) is 0 Å². The molecule has 4 rings (SSSR count). The summed E-state index contributed by atoms with van der Waals surface area (Å²) in [5.74, 6) is -0.757. The monoisotopic (exact) mass is 368 g/mol. The highest BCUT2D eigenvalue weighted by molar-refractivity contribution is 7.07. The number of carbonyl (C=O) groups is 1. The van der Waals surface area contributed by atoms with Gasteiger partial charge < -0.3 is 9.09 Å². The maximum atomic E-state index is 13.2. The molecule has 0 fully saturated rings. The van der Waals surface area contributed by atoms with Crippen LogP contribution in [-0.4, -0.2) is 20.6 Å². The summed E-state index contributed by atoms with van der Waals surface area (Å²) in [5, 5.41) is 6.29. The molecule has 0 spiro atoms. The first-order chi connectivity index (χ1) is 12.5. The zero-order valence-electron chi connectivity index (χ0n) is 13.9. The largest absolute Gasteiger partial charge is 0.335 e. The number of hydrogen-bond acceptors (Lipinski definition) is 5. The average molecular weight is 368 g/mol. The van der Waals surface area contributed by atoms with E-state index in [1.807, 2.05) is 18.6 Å². The second-order valence-electron chi connectivity index (χ2n) is 5.72. The number of carbonyl (C=O) groups excluding carboxylic acids is 1. The molecular weight excluding hydrogens is 355 g/mol. The summed E-state index contributed by atoms with van der Waals surface area (Å²) in [6, 6.07) is 7.50. The lowest BCUT2D eigenvalue weighted by Crippen LogP contribution is -2.13. The van der Waals surface area contributed by atoms with E-state index < -0.39 is 5.91 Å². The third kappa shape index (κ3) is 2.84. The van der Waals surface area contributed by atoms with Crippen molar-refractivity contribution in [2.45, 2.75) is 6.92 Å². The molecule has 0 saturated carbocycles. The number of hydrogen-bond donors (Lipinski definition) is 0. The molecule has 0 N–H and O–H groups in total. The van der Waals surface area contributed by atoms with Gasteiger partial charge in [0.1, 0.15) is 5.82 Å². The Hall–Kier alpha value is -3.13. The first kappa shape index (κ1) is 16.3. The molecule has 130 valence electrons. The van der Waals surface area contributed by atoms with Crippen molar-refractivity contribution in [2.24, 2.45) is 12.0 Å². The molecule has 0 radical (unpaired) electrons. The zero-order valence-corrected chi connectivity index (χ0v) is 14.7. The third-order valence-corrected chi connectivity index (χ3v) is 4.79. The van der Waals surface area contributed by atoms with Gasteiger partial charge in [0.2, 0.25) is 0 Å². The van der Waals surface area contributed by atoms with Crippen molar-refractivity contribution in [2.75, 3.05) is 0 Å². The number of amides is 1. The summed E-state index contributed by atoms with van der Waals surface area (Å²) in [7, 11) is 1.82. The molecule has 26 heavy (non-hydrogen) atoms. The highest BCUT2D eigenvalue weighted by Gasteiger charge is 2.19. The quantitative estimate of drug-likeness (QED) is 0.543. The first-order valence-corrected chi connectivity index (χ1v) is 8.63. The average Bonchev–Trinajstić information content (AvgIpc) is 3.21. The number of rotatable bonds is 2. The topological polar surface area (TPSA) is 73.3 Å². The summed E-state index contributed by atoms with van der Waals surface area (Å²) in [6.45, 7) is 1.74. The van der Waals surface area contributed by atoms with E-state index in [1.165, 1.54) is 23.5 Å². The summed E-state index contributed by atoms with van der Waals surface area (Å²) in [4.78, 5) is 22.0. The normalized spacial score (nSPS) is 12.0. The minimum absolute atomic E-state index is 0.249. The van der Waals surface area contributed by atoms with Crippen LogP contribution in [0.5, 0.6) is 0 Å². The summed E-state index contributed by atoms with van der Waals surface area (Å²) in [6.07, 6.45) is 1.83. The summed E-state index contributed by atoms with van der Waals surface area (Å²) in [5.41, 5.74) is 2.31. The SMILES string of the molecule is Cc1noc2nc(-c3ccc(F)cc3)cc(C(=O)N=c3sccn3C)c12. The van der Waals surface area contributed by atoms with E-state index in [4.69, 9.17) is 4.52 Å². The standard InChI is InChI=1S/C18H13FN4O2S/c1-10-15-13(16(24)21-18-23(2)7-8-26-18)9-14(20-17(15)25-22-10)11-3-5-12(19)6-4-11/h3-9H,1-2H3. The number of fused-ring (bicyclic) bond motifs is 1. The van der Waals surface area contributed by atoms with Gasteiger partial charge in [0.05, 0.1) is 22.3 Å². The fraction of sp³-hybridized carbons (Fsp3) is 0.111. The summed E-state index contributed by atoms with van der Waals surface area (Å²) >= 11 is 1.37. The van der Waals surface area contributed by atoms with Gasteiger partial charge in [-0.15, -0.1) is 11.3 Å². The molecule has 0 saturated heterocycles. The van der Waals surface area contributed by atoms with Crippen molar-refractivity contribution in [3.63, 3.8) is 0 Å². The van der Waals surface area contributed by atoms with Crippen LogP contribution in [0, 0.1) is 12.7 Å². The molecule has 0 aliphatic rings. The van der Waals surface area contributed by atoms with Crippen LogP contribution in [-0.2, 0) is 7.05 Å². The second-order valence-corrected chi connectivity index (χ2v) is 6.60.